The number of rotatable bonds is 4. The molecule has 0 spiro atoms. The minimum absolute atomic E-state index is 0.536. The summed E-state index contributed by atoms with van der Waals surface area (Å²) in [5, 5.41) is 5.33. The average Bonchev–Trinajstić information content (AvgIpc) is 2.44. The summed E-state index contributed by atoms with van der Waals surface area (Å²) < 4.78 is 0. The van der Waals surface area contributed by atoms with E-state index in [1.807, 2.05) is 0 Å². The van der Waals surface area contributed by atoms with Crippen LogP contribution in [0.1, 0.15) is 25.3 Å². The minimum atomic E-state index is 0.536. The molecule has 0 aliphatic carbocycles. The lowest BCUT2D eigenvalue weighted by molar-refractivity contribution is 0.206. The first kappa shape index (κ1) is 15.4. The van der Waals surface area contributed by atoms with Crippen molar-refractivity contribution in [3.8, 4) is 0 Å². The number of piperidine rings is 1. The van der Waals surface area contributed by atoms with Crippen molar-refractivity contribution in [2.45, 2.75) is 32.4 Å². The van der Waals surface area contributed by atoms with Crippen LogP contribution in [0.15, 0.2) is 12.1 Å². The topological polar surface area (TPSA) is 15.3 Å². The minimum Gasteiger partial charge on any atom is -0.310 e. The normalized spacial score (nSPS) is 17.9. The molecule has 19 heavy (non-hydrogen) atoms. The van der Waals surface area contributed by atoms with Gasteiger partial charge in [0.25, 0.3) is 0 Å². The van der Waals surface area contributed by atoms with Crippen molar-refractivity contribution in [3.05, 3.63) is 32.8 Å². The standard InChI is InChI=1S/C14H19Cl3N2/c1-2-19-7-5-10(6-8-19)18-9-11-12(15)3-4-13(16)14(11)17/h3-4,10,18H,2,5-9H2,1H3. The summed E-state index contributed by atoms with van der Waals surface area (Å²) in [4.78, 5) is 2.47. The molecule has 1 aliphatic rings. The fourth-order valence-electron chi connectivity index (χ4n) is 2.43. The molecular formula is C14H19Cl3N2. The zero-order valence-electron chi connectivity index (χ0n) is 11.1. The molecule has 2 nitrogen and oxygen atoms in total. The Kier molecular flexibility index (Phi) is 5.79. The van der Waals surface area contributed by atoms with Crippen LogP contribution in [0.4, 0.5) is 0 Å². The molecular weight excluding hydrogens is 303 g/mol. The van der Waals surface area contributed by atoms with Gasteiger partial charge in [-0.1, -0.05) is 41.7 Å². The van der Waals surface area contributed by atoms with E-state index < -0.39 is 0 Å². The second-order valence-electron chi connectivity index (χ2n) is 4.91. The summed E-state index contributed by atoms with van der Waals surface area (Å²) in [5.41, 5.74) is 0.897. The molecule has 1 saturated heterocycles. The van der Waals surface area contributed by atoms with Crippen molar-refractivity contribution in [1.29, 1.82) is 0 Å². The van der Waals surface area contributed by atoms with Gasteiger partial charge in [0.1, 0.15) is 0 Å². The Labute approximate surface area is 130 Å². The van der Waals surface area contributed by atoms with E-state index in [0.29, 0.717) is 27.7 Å². The van der Waals surface area contributed by atoms with E-state index in [0.717, 1.165) is 25.2 Å². The summed E-state index contributed by atoms with van der Waals surface area (Å²) in [5.74, 6) is 0. The number of halogens is 3. The average molecular weight is 322 g/mol. The van der Waals surface area contributed by atoms with E-state index >= 15 is 0 Å². The lowest BCUT2D eigenvalue weighted by Gasteiger charge is -2.31. The maximum atomic E-state index is 6.20. The molecule has 106 valence electrons. The van der Waals surface area contributed by atoms with Gasteiger partial charge in [0.05, 0.1) is 10.0 Å². The van der Waals surface area contributed by atoms with Gasteiger partial charge in [-0.05, 0) is 44.6 Å². The van der Waals surface area contributed by atoms with Gasteiger partial charge < -0.3 is 10.2 Å². The number of nitrogens with zero attached hydrogens (tertiary/aromatic N) is 1. The summed E-state index contributed by atoms with van der Waals surface area (Å²) in [6, 6.07) is 4.07. The number of nitrogens with one attached hydrogen (secondary N) is 1. The van der Waals surface area contributed by atoms with Crippen LogP contribution in [0, 0.1) is 0 Å². The van der Waals surface area contributed by atoms with Gasteiger partial charge in [0, 0.05) is 23.2 Å². The van der Waals surface area contributed by atoms with E-state index in [4.69, 9.17) is 34.8 Å². The van der Waals surface area contributed by atoms with E-state index in [2.05, 4.69) is 17.1 Å². The second-order valence-corrected chi connectivity index (χ2v) is 6.10. The molecule has 0 bridgehead atoms. The summed E-state index contributed by atoms with van der Waals surface area (Å²) in [7, 11) is 0. The molecule has 1 fully saturated rings. The molecule has 1 aromatic rings. The molecule has 0 unspecified atom stereocenters. The van der Waals surface area contributed by atoms with Crippen LogP contribution in [0.3, 0.4) is 0 Å². The molecule has 0 atom stereocenters. The van der Waals surface area contributed by atoms with E-state index in [1.165, 1.54) is 12.8 Å². The van der Waals surface area contributed by atoms with E-state index in [-0.39, 0.29) is 0 Å². The van der Waals surface area contributed by atoms with Crippen molar-refractivity contribution in [1.82, 2.24) is 10.2 Å². The first-order valence-electron chi connectivity index (χ1n) is 6.70. The highest BCUT2D eigenvalue weighted by molar-refractivity contribution is 6.44. The van der Waals surface area contributed by atoms with Gasteiger partial charge in [-0.3, -0.25) is 0 Å². The molecule has 0 saturated carbocycles. The molecule has 1 aromatic carbocycles. The SMILES string of the molecule is CCN1CCC(NCc2c(Cl)ccc(Cl)c2Cl)CC1. The van der Waals surface area contributed by atoms with Gasteiger partial charge in [-0.25, -0.2) is 0 Å². The van der Waals surface area contributed by atoms with Crippen LogP contribution in [-0.4, -0.2) is 30.6 Å². The third kappa shape index (κ3) is 3.99. The maximum absolute atomic E-state index is 6.20. The summed E-state index contributed by atoms with van der Waals surface area (Å²) in [6.07, 6.45) is 2.34. The highest BCUT2D eigenvalue weighted by Gasteiger charge is 2.18. The smallest absolute Gasteiger partial charge is 0.0652 e. The van der Waals surface area contributed by atoms with Crippen molar-refractivity contribution < 1.29 is 0 Å². The predicted octanol–water partition coefficient (Wildman–Crippen LogP) is 4.22. The molecule has 2 rings (SSSR count). The summed E-state index contributed by atoms with van der Waals surface area (Å²) >= 11 is 18.4. The monoisotopic (exact) mass is 320 g/mol. The fourth-order valence-corrected chi connectivity index (χ4v) is 3.11. The predicted molar refractivity (Wildman–Crippen MR) is 83.4 cm³/mol. The van der Waals surface area contributed by atoms with Crippen molar-refractivity contribution in [2.75, 3.05) is 19.6 Å². The molecule has 0 radical (unpaired) electrons. The molecule has 1 heterocycles. The Morgan fingerprint density at radius 3 is 2.42 bits per heavy atom. The first-order valence-corrected chi connectivity index (χ1v) is 7.83. The lowest BCUT2D eigenvalue weighted by Crippen LogP contribution is -2.42. The van der Waals surface area contributed by atoms with Crippen molar-refractivity contribution >= 4 is 34.8 Å². The third-order valence-corrected chi connectivity index (χ3v) is 4.94. The molecule has 0 amide bonds. The van der Waals surface area contributed by atoms with Gasteiger partial charge >= 0.3 is 0 Å². The zero-order chi connectivity index (χ0) is 13.8. The molecule has 5 heteroatoms. The van der Waals surface area contributed by atoms with Gasteiger partial charge in [-0.15, -0.1) is 0 Å². The Hall–Kier alpha value is 0.01000. The van der Waals surface area contributed by atoms with Crippen LogP contribution in [0.5, 0.6) is 0 Å². The van der Waals surface area contributed by atoms with Crippen LogP contribution >= 0.6 is 34.8 Å². The molecule has 0 aromatic heterocycles. The Morgan fingerprint density at radius 1 is 1.16 bits per heavy atom. The quantitative estimate of drug-likeness (QED) is 0.835. The van der Waals surface area contributed by atoms with Crippen molar-refractivity contribution in [2.24, 2.45) is 0 Å². The second kappa shape index (κ2) is 7.14. The van der Waals surface area contributed by atoms with Crippen molar-refractivity contribution in [3.63, 3.8) is 0 Å². The lowest BCUT2D eigenvalue weighted by atomic mass is 10.0. The highest BCUT2D eigenvalue weighted by atomic mass is 35.5. The number of hydrogen-bond acceptors (Lipinski definition) is 2. The van der Waals surface area contributed by atoms with Gasteiger partial charge in [0.15, 0.2) is 0 Å². The highest BCUT2D eigenvalue weighted by Crippen LogP contribution is 2.31. The van der Waals surface area contributed by atoms with Crippen LogP contribution in [-0.2, 0) is 6.54 Å². The zero-order valence-corrected chi connectivity index (χ0v) is 13.3. The maximum Gasteiger partial charge on any atom is 0.0652 e. The van der Waals surface area contributed by atoms with Crippen LogP contribution < -0.4 is 5.32 Å². The third-order valence-electron chi connectivity index (χ3n) is 3.74. The van der Waals surface area contributed by atoms with E-state index in [9.17, 15) is 0 Å². The number of likely N-dealkylation sites (tertiary alicyclic amines) is 1. The first-order chi connectivity index (χ1) is 9.11. The van der Waals surface area contributed by atoms with Gasteiger partial charge in [0.2, 0.25) is 0 Å². The number of benzene rings is 1. The summed E-state index contributed by atoms with van der Waals surface area (Å²) in [6.45, 7) is 6.34. The number of hydrogen-bond donors (Lipinski definition) is 1. The molecule has 1 N–H and O–H groups in total. The van der Waals surface area contributed by atoms with Crippen LogP contribution in [0.25, 0.3) is 0 Å². The largest absolute Gasteiger partial charge is 0.310 e. The Bertz CT molecular complexity index is 429. The Morgan fingerprint density at radius 2 is 1.79 bits per heavy atom. The van der Waals surface area contributed by atoms with Gasteiger partial charge in [-0.2, -0.15) is 0 Å². The van der Waals surface area contributed by atoms with Crippen LogP contribution in [0.2, 0.25) is 15.1 Å². The Balaban J connectivity index is 1.91. The molecule has 1 aliphatic heterocycles. The van der Waals surface area contributed by atoms with E-state index in [1.54, 1.807) is 12.1 Å². The fraction of sp³-hybridized carbons (Fsp3) is 0.571.